The number of aryl methyl sites for hydroxylation is 2. The quantitative estimate of drug-likeness (QED) is 0.324. The SMILES string of the molecule is Cc1cc(C)c2sc(N(Cc3ccccc3)C(=O)Cc3ccc(S(=O)(=O)C(C)C)cc3)nc2c1. The topological polar surface area (TPSA) is 67.3 Å². The number of benzene rings is 3. The molecule has 7 heteroatoms. The second-order valence-corrected chi connectivity index (χ2v) is 12.3. The van der Waals surface area contributed by atoms with E-state index in [1.165, 1.54) is 11.3 Å². The molecule has 1 aromatic heterocycles. The summed E-state index contributed by atoms with van der Waals surface area (Å²) in [4.78, 5) is 20.3. The molecule has 0 atom stereocenters. The fourth-order valence-electron chi connectivity index (χ4n) is 3.85. The predicted molar refractivity (Wildman–Crippen MR) is 139 cm³/mol. The summed E-state index contributed by atoms with van der Waals surface area (Å²) >= 11 is 1.52. The maximum absolute atomic E-state index is 13.5. The van der Waals surface area contributed by atoms with E-state index in [0.29, 0.717) is 11.7 Å². The van der Waals surface area contributed by atoms with Gasteiger partial charge in [-0.15, -0.1) is 0 Å². The summed E-state index contributed by atoms with van der Waals surface area (Å²) in [6.07, 6.45) is 0.156. The maximum atomic E-state index is 13.5. The lowest BCUT2D eigenvalue weighted by molar-refractivity contribution is -0.118. The zero-order valence-corrected chi connectivity index (χ0v) is 21.4. The molecule has 0 spiro atoms. The predicted octanol–water partition coefficient (Wildman–Crippen LogP) is 5.87. The Morgan fingerprint density at radius 1 is 0.971 bits per heavy atom. The first-order chi connectivity index (χ1) is 16.1. The molecule has 3 aromatic carbocycles. The van der Waals surface area contributed by atoms with Gasteiger partial charge in [0.1, 0.15) is 0 Å². The standard InChI is InChI=1S/C27H28N2O3S2/c1-18(2)34(31,32)23-12-10-21(11-13-23)16-25(30)29(17-22-8-6-5-7-9-22)27-28-24-15-19(3)14-20(4)26(24)33-27/h5-15,18H,16-17H2,1-4H3. The Morgan fingerprint density at radius 2 is 1.65 bits per heavy atom. The Bertz CT molecular complexity index is 1420. The van der Waals surface area contributed by atoms with Crippen LogP contribution in [0.4, 0.5) is 5.13 Å². The van der Waals surface area contributed by atoms with E-state index in [1.807, 2.05) is 43.3 Å². The van der Waals surface area contributed by atoms with Crippen molar-refractivity contribution in [3.8, 4) is 0 Å². The van der Waals surface area contributed by atoms with E-state index in [9.17, 15) is 13.2 Å². The van der Waals surface area contributed by atoms with Gasteiger partial charge >= 0.3 is 0 Å². The summed E-state index contributed by atoms with van der Waals surface area (Å²) in [5.74, 6) is -0.0863. The van der Waals surface area contributed by atoms with Crippen molar-refractivity contribution in [2.24, 2.45) is 0 Å². The Kier molecular flexibility index (Phi) is 6.86. The van der Waals surface area contributed by atoms with E-state index in [4.69, 9.17) is 4.98 Å². The van der Waals surface area contributed by atoms with Crippen LogP contribution in [-0.2, 0) is 27.6 Å². The number of sulfone groups is 1. The van der Waals surface area contributed by atoms with E-state index in [-0.39, 0.29) is 17.2 Å². The smallest absolute Gasteiger partial charge is 0.233 e. The highest BCUT2D eigenvalue weighted by Gasteiger charge is 2.22. The van der Waals surface area contributed by atoms with E-state index >= 15 is 0 Å². The molecule has 0 radical (unpaired) electrons. The highest BCUT2D eigenvalue weighted by molar-refractivity contribution is 7.92. The van der Waals surface area contributed by atoms with E-state index in [2.05, 4.69) is 13.0 Å². The largest absolute Gasteiger partial charge is 0.283 e. The molecule has 34 heavy (non-hydrogen) atoms. The molecule has 176 valence electrons. The lowest BCUT2D eigenvalue weighted by Crippen LogP contribution is -2.31. The summed E-state index contributed by atoms with van der Waals surface area (Å²) in [5.41, 5.74) is 4.96. The van der Waals surface area contributed by atoms with Crippen molar-refractivity contribution in [1.29, 1.82) is 0 Å². The summed E-state index contributed by atoms with van der Waals surface area (Å²) in [5, 5.41) is 0.170. The molecule has 0 N–H and O–H groups in total. The summed E-state index contributed by atoms with van der Waals surface area (Å²) < 4.78 is 25.9. The first-order valence-corrected chi connectivity index (χ1v) is 13.6. The molecule has 0 unspecified atom stereocenters. The van der Waals surface area contributed by atoms with Crippen molar-refractivity contribution in [2.45, 2.75) is 50.8 Å². The normalized spacial score (nSPS) is 11.8. The van der Waals surface area contributed by atoms with Crippen LogP contribution in [0.15, 0.2) is 71.6 Å². The minimum absolute atomic E-state index is 0.0863. The van der Waals surface area contributed by atoms with Crippen LogP contribution in [0.25, 0.3) is 10.2 Å². The van der Waals surface area contributed by atoms with Crippen LogP contribution in [0.5, 0.6) is 0 Å². The van der Waals surface area contributed by atoms with Crippen LogP contribution in [-0.4, -0.2) is 24.6 Å². The number of fused-ring (bicyclic) bond motifs is 1. The third kappa shape index (κ3) is 5.05. The van der Waals surface area contributed by atoms with Crippen LogP contribution in [0, 0.1) is 13.8 Å². The van der Waals surface area contributed by atoms with Crippen LogP contribution >= 0.6 is 11.3 Å². The van der Waals surface area contributed by atoms with E-state index < -0.39 is 15.1 Å². The summed E-state index contributed by atoms with van der Waals surface area (Å²) in [6.45, 7) is 7.84. The van der Waals surface area contributed by atoms with Gasteiger partial charge in [0.05, 0.1) is 33.3 Å². The van der Waals surface area contributed by atoms with Crippen LogP contribution < -0.4 is 4.90 Å². The van der Waals surface area contributed by atoms with Crippen molar-refractivity contribution < 1.29 is 13.2 Å². The molecule has 0 fully saturated rings. The molecule has 0 aliphatic rings. The fraction of sp³-hybridized carbons (Fsp3) is 0.259. The number of rotatable bonds is 7. The monoisotopic (exact) mass is 492 g/mol. The second kappa shape index (κ2) is 9.68. The highest BCUT2D eigenvalue weighted by atomic mass is 32.2. The molecule has 1 heterocycles. The Balaban J connectivity index is 1.65. The van der Waals surface area contributed by atoms with Crippen LogP contribution in [0.2, 0.25) is 0 Å². The summed E-state index contributed by atoms with van der Waals surface area (Å²) in [6, 6.07) is 20.6. The first kappa shape index (κ1) is 24.1. The third-order valence-electron chi connectivity index (χ3n) is 5.75. The molecule has 4 aromatic rings. The van der Waals surface area contributed by atoms with Gasteiger partial charge in [0.25, 0.3) is 0 Å². The van der Waals surface area contributed by atoms with Crippen molar-refractivity contribution in [1.82, 2.24) is 4.98 Å². The average molecular weight is 493 g/mol. The Labute approximate surface area is 205 Å². The number of amides is 1. The molecule has 0 saturated heterocycles. The van der Waals surface area contributed by atoms with E-state index in [1.54, 1.807) is 43.0 Å². The van der Waals surface area contributed by atoms with Crippen molar-refractivity contribution in [2.75, 3.05) is 4.90 Å². The lowest BCUT2D eigenvalue weighted by atomic mass is 10.1. The van der Waals surface area contributed by atoms with Crippen molar-refractivity contribution in [3.05, 3.63) is 89.0 Å². The molecular weight excluding hydrogens is 464 g/mol. The van der Waals surface area contributed by atoms with Crippen molar-refractivity contribution >= 4 is 42.4 Å². The fourth-order valence-corrected chi connectivity index (χ4v) is 5.94. The number of anilines is 1. The van der Waals surface area contributed by atoms with Gasteiger partial charge in [-0.2, -0.15) is 0 Å². The third-order valence-corrected chi connectivity index (χ3v) is 9.15. The van der Waals surface area contributed by atoms with Gasteiger partial charge < -0.3 is 0 Å². The molecule has 0 bridgehead atoms. The van der Waals surface area contributed by atoms with Gasteiger partial charge in [-0.05, 0) is 68.1 Å². The zero-order chi connectivity index (χ0) is 24.5. The minimum Gasteiger partial charge on any atom is -0.283 e. The maximum Gasteiger partial charge on any atom is 0.233 e. The summed E-state index contributed by atoms with van der Waals surface area (Å²) in [7, 11) is -3.35. The number of carbonyl (C=O) groups is 1. The number of thiazole rings is 1. The molecular formula is C27H28N2O3S2. The molecule has 0 aliphatic heterocycles. The molecule has 4 rings (SSSR count). The number of hydrogen-bond acceptors (Lipinski definition) is 5. The average Bonchev–Trinajstić information content (AvgIpc) is 3.22. The van der Waals surface area contributed by atoms with Crippen LogP contribution in [0.3, 0.4) is 0 Å². The second-order valence-electron chi connectivity index (χ2n) is 8.81. The number of aromatic nitrogens is 1. The number of hydrogen-bond donors (Lipinski definition) is 0. The number of nitrogens with zero attached hydrogens (tertiary/aromatic N) is 2. The van der Waals surface area contributed by atoms with Gasteiger partial charge in [-0.3, -0.25) is 9.69 Å². The molecule has 0 saturated carbocycles. The Morgan fingerprint density at radius 3 is 2.29 bits per heavy atom. The van der Waals surface area contributed by atoms with Crippen molar-refractivity contribution in [3.63, 3.8) is 0 Å². The number of carbonyl (C=O) groups excluding carboxylic acids is 1. The van der Waals surface area contributed by atoms with Gasteiger partial charge in [-0.25, -0.2) is 13.4 Å². The molecule has 0 aliphatic carbocycles. The lowest BCUT2D eigenvalue weighted by Gasteiger charge is -2.20. The first-order valence-electron chi connectivity index (χ1n) is 11.2. The Hall–Kier alpha value is -3.03. The van der Waals surface area contributed by atoms with Crippen LogP contribution in [0.1, 0.15) is 36.1 Å². The zero-order valence-electron chi connectivity index (χ0n) is 19.8. The van der Waals surface area contributed by atoms with Gasteiger partial charge in [0.15, 0.2) is 15.0 Å². The minimum atomic E-state index is -3.35. The molecule has 5 nitrogen and oxygen atoms in total. The van der Waals surface area contributed by atoms with E-state index in [0.717, 1.165) is 32.5 Å². The highest BCUT2D eigenvalue weighted by Crippen LogP contribution is 2.33. The van der Waals surface area contributed by atoms with Gasteiger partial charge in [0, 0.05) is 0 Å². The molecule has 1 amide bonds. The van der Waals surface area contributed by atoms with Gasteiger partial charge in [0.2, 0.25) is 5.91 Å². The van der Waals surface area contributed by atoms with Gasteiger partial charge in [-0.1, -0.05) is 59.9 Å².